The lowest BCUT2D eigenvalue weighted by molar-refractivity contribution is 0.335. The number of fused-ring (bicyclic) bond motifs is 1. The van der Waals surface area contributed by atoms with Crippen LogP contribution < -0.4 is 4.74 Å². The largest absolute Gasteiger partial charge is 0.494 e. The second kappa shape index (κ2) is 5.48. The molecule has 0 heterocycles. The Morgan fingerprint density at radius 1 is 0.909 bits per heavy atom. The molecule has 1 nitrogen and oxygen atoms in total. The standard InChI is InChI=1S/C17H12F4O/c1-2-22-12-7-15(20)17(16(21)8-12)11-3-9-5-13(18)14(19)6-10(9)4-11/h3,5-8H,2,4H2,1H3. The first-order chi connectivity index (χ1) is 10.5. The zero-order chi connectivity index (χ0) is 15.9. The molecular formula is C17H12F4O. The van der Waals surface area contributed by atoms with E-state index in [-0.39, 0.29) is 17.7 Å². The van der Waals surface area contributed by atoms with Gasteiger partial charge in [-0.05, 0) is 42.2 Å². The molecule has 1 aliphatic rings. The summed E-state index contributed by atoms with van der Waals surface area (Å²) in [6.45, 7) is 2.01. The molecule has 5 heteroatoms. The third kappa shape index (κ3) is 2.47. The molecule has 1 aliphatic carbocycles. The van der Waals surface area contributed by atoms with E-state index in [1.54, 1.807) is 6.92 Å². The van der Waals surface area contributed by atoms with E-state index >= 15 is 0 Å². The molecule has 0 bridgehead atoms. The van der Waals surface area contributed by atoms with Crippen molar-refractivity contribution in [1.29, 1.82) is 0 Å². The molecule has 0 fully saturated rings. The van der Waals surface area contributed by atoms with Crippen LogP contribution in [-0.2, 0) is 6.42 Å². The molecule has 3 rings (SSSR count). The summed E-state index contributed by atoms with van der Waals surface area (Å²) in [5.41, 5.74) is 1.08. The fourth-order valence-electron chi connectivity index (χ4n) is 2.60. The van der Waals surface area contributed by atoms with Crippen molar-refractivity contribution in [1.82, 2.24) is 0 Å². The van der Waals surface area contributed by atoms with Gasteiger partial charge in [-0.25, -0.2) is 17.6 Å². The van der Waals surface area contributed by atoms with Crippen molar-refractivity contribution in [2.75, 3.05) is 6.61 Å². The van der Waals surface area contributed by atoms with Crippen LogP contribution in [0.4, 0.5) is 17.6 Å². The summed E-state index contributed by atoms with van der Waals surface area (Å²) in [6.07, 6.45) is 1.62. The highest BCUT2D eigenvalue weighted by molar-refractivity contribution is 5.89. The zero-order valence-corrected chi connectivity index (χ0v) is 11.7. The summed E-state index contributed by atoms with van der Waals surface area (Å²) in [5.74, 6) is -3.37. The molecule has 2 aromatic carbocycles. The number of ether oxygens (including phenoxy) is 1. The van der Waals surface area contributed by atoms with Crippen LogP contribution in [-0.4, -0.2) is 6.61 Å². The molecule has 0 radical (unpaired) electrons. The normalized spacial score (nSPS) is 13.0. The minimum Gasteiger partial charge on any atom is -0.494 e. The number of benzene rings is 2. The molecule has 0 N–H and O–H groups in total. The van der Waals surface area contributed by atoms with Crippen molar-refractivity contribution in [3.8, 4) is 5.75 Å². The monoisotopic (exact) mass is 308 g/mol. The second-order valence-electron chi connectivity index (χ2n) is 5.01. The van der Waals surface area contributed by atoms with Crippen LogP contribution in [0.3, 0.4) is 0 Å². The van der Waals surface area contributed by atoms with Crippen LogP contribution >= 0.6 is 0 Å². The van der Waals surface area contributed by atoms with E-state index in [9.17, 15) is 17.6 Å². The van der Waals surface area contributed by atoms with Crippen molar-refractivity contribution >= 4 is 11.6 Å². The molecule has 0 spiro atoms. The number of hydrogen-bond donors (Lipinski definition) is 0. The van der Waals surface area contributed by atoms with Crippen LogP contribution in [0.15, 0.2) is 24.3 Å². The van der Waals surface area contributed by atoms with E-state index in [4.69, 9.17) is 4.74 Å². The first-order valence-corrected chi connectivity index (χ1v) is 6.80. The quantitative estimate of drug-likeness (QED) is 0.744. The van der Waals surface area contributed by atoms with Crippen molar-refractivity contribution < 1.29 is 22.3 Å². The Bertz CT molecular complexity index is 757. The molecule has 0 atom stereocenters. The van der Waals surface area contributed by atoms with E-state index in [1.165, 1.54) is 6.08 Å². The average molecular weight is 308 g/mol. The maximum Gasteiger partial charge on any atom is 0.159 e. The lowest BCUT2D eigenvalue weighted by Gasteiger charge is -2.09. The summed E-state index contributed by atoms with van der Waals surface area (Å²) < 4.78 is 59.9. The third-order valence-corrected chi connectivity index (χ3v) is 3.54. The Morgan fingerprint density at radius 2 is 1.55 bits per heavy atom. The first kappa shape index (κ1) is 14.6. The van der Waals surface area contributed by atoms with Gasteiger partial charge in [-0.3, -0.25) is 0 Å². The lowest BCUT2D eigenvalue weighted by Crippen LogP contribution is -1.99. The maximum atomic E-state index is 14.2. The third-order valence-electron chi connectivity index (χ3n) is 3.54. The first-order valence-electron chi connectivity index (χ1n) is 6.80. The molecule has 0 saturated carbocycles. The SMILES string of the molecule is CCOc1cc(F)c(C2=Cc3cc(F)c(F)cc3C2)c(F)c1. The van der Waals surface area contributed by atoms with Crippen molar-refractivity contribution in [3.05, 3.63) is 64.2 Å². The number of halogens is 4. The average Bonchev–Trinajstić information content (AvgIpc) is 2.81. The minimum atomic E-state index is -0.983. The van der Waals surface area contributed by atoms with Crippen LogP contribution in [0.25, 0.3) is 11.6 Å². The molecule has 0 saturated heterocycles. The smallest absolute Gasteiger partial charge is 0.159 e. The van der Waals surface area contributed by atoms with E-state index in [0.29, 0.717) is 23.3 Å². The lowest BCUT2D eigenvalue weighted by atomic mass is 10.0. The van der Waals surface area contributed by atoms with Gasteiger partial charge in [0.25, 0.3) is 0 Å². The van der Waals surface area contributed by atoms with E-state index in [1.807, 2.05) is 0 Å². The summed E-state index contributed by atoms with van der Waals surface area (Å²) in [4.78, 5) is 0. The highest BCUT2D eigenvalue weighted by Gasteiger charge is 2.22. The van der Waals surface area contributed by atoms with E-state index < -0.39 is 23.3 Å². The topological polar surface area (TPSA) is 9.23 Å². The predicted octanol–water partition coefficient (Wildman–Crippen LogP) is 4.74. The minimum absolute atomic E-state index is 0.106. The maximum absolute atomic E-state index is 14.2. The van der Waals surface area contributed by atoms with Gasteiger partial charge in [0.2, 0.25) is 0 Å². The van der Waals surface area contributed by atoms with Gasteiger partial charge in [0.05, 0.1) is 6.61 Å². The second-order valence-corrected chi connectivity index (χ2v) is 5.01. The summed E-state index contributed by atoms with van der Waals surface area (Å²) in [5, 5.41) is 0. The van der Waals surface area contributed by atoms with Crippen LogP contribution in [0.2, 0.25) is 0 Å². The zero-order valence-electron chi connectivity index (χ0n) is 11.7. The molecule has 0 unspecified atom stereocenters. The van der Waals surface area contributed by atoms with Crippen LogP contribution in [0, 0.1) is 23.3 Å². The Hall–Kier alpha value is -2.30. The molecule has 2 aromatic rings. The Morgan fingerprint density at radius 3 is 2.18 bits per heavy atom. The van der Waals surface area contributed by atoms with Crippen molar-refractivity contribution in [2.45, 2.75) is 13.3 Å². The molecular weight excluding hydrogens is 296 g/mol. The van der Waals surface area contributed by atoms with Crippen molar-refractivity contribution in [3.63, 3.8) is 0 Å². The molecule has 114 valence electrons. The number of hydrogen-bond acceptors (Lipinski definition) is 1. The fraction of sp³-hybridized carbons (Fsp3) is 0.176. The van der Waals surface area contributed by atoms with Gasteiger partial charge < -0.3 is 4.74 Å². The Labute approximate surface area is 124 Å². The van der Waals surface area contributed by atoms with Gasteiger partial charge in [-0.1, -0.05) is 6.08 Å². The summed E-state index contributed by atoms with van der Waals surface area (Å²) in [7, 11) is 0. The van der Waals surface area contributed by atoms with Gasteiger partial charge in [0.15, 0.2) is 11.6 Å². The summed E-state index contributed by atoms with van der Waals surface area (Å²) >= 11 is 0. The number of rotatable bonds is 3. The molecule has 0 aromatic heterocycles. The predicted molar refractivity (Wildman–Crippen MR) is 75.5 cm³/mol. The molecule has 22 heavy (non-hydrogen) atoms. The van der Waals surface area contributed by atoms with Gasteiger partial charge >= 0.3 is 0 Å². The molecule has 0 amide bonds. The summed E-state index contributed by atoms with van der Waals surface area (Å²) in [6, 6.07) is 4.29. The number of allylic oxidation sites excluding steroid dienone is 1. The Balaban J connectivity index is 2.02. The van der Waals surface area contributed by atoms with Crippen molar-refractivity contribution in [2.24, 2.45) is 0 Å². The fourth-order valence-corrected chi connectivity index (χ4v) is 2.60. The highest BCUT2D eigenvalue weighted by Crippen LogP contribution is 2.36. The van der Waals surface area contributed by atoms with Crippen LogP contribution in [0.5, 0.6) is 5.75 Å². The van der Waals surface area contributed by atoms with Gasteiger partial charge in [0.1, 0.15) is 17.4 Å². The van der Waals surface area contributed by atoms with E-state index in [0.717, 1.165) is 24.3 Å². The van der Waals surface area contributed by atoms with Gasteiger partial charge in [-0.15, -0.1) is 0 Å². The molecule has 0 aliphatic heterocycles. The van der Waals surface area contributed by atoms with Gasteiger partial charge in [0, 0.05) is 17.7 Å². The van der Waals surface area contributed by atoms with Crippen LogP contribution in [0.1, 0.15) is 23.6 Å². The highest BCUT2D eigenvalue weighted by atomic mass is 19.2. The van der Waals surface area contributed by atoms with E-state index in [2.05, 4.69) is 0 Å². The van der Waals surface area contributed by atoms with Gasteiger partial charge in [-0.2, -0.15) is 0 Å². The Kier molecular flexibility index (Phi) is 3.64.